The van der Waals surface area contributed by atoms with Crippen LogP contribution in [-0.4, -0.2) is 42.9 Å². The van der Waals surface area contributed by atoms with Crippen molar-refractivity contribution in [3.8, 4) is 0 Å². The molecule has 1 aliphatic heterocycles. The molecule has 1 amide bonds. The molecule has 2 aromatic heterocycles. The van der Waals surface area contributed by atoms with Crippen LogP contribution in [0, 0.1) is 0 Å². The molecule has 28 heavy (non-hydrogen) atoms. The van der Waals surface area contributed by atoms with E-state index in [1.165, 1.54) is 4.57 Å². The molecular weight excluding hydrogens is 380 g/mol. The number of aromatic nitrogens is 3. The van der Waals surface area contributed by atoms with Crippen LogP contribution in [-0.2, 0) is 0 Å². The van der Waals surface area contributed by atoms with Crippen molar-refractivity contribution in [1.82, 2.24) is 19.4 Å². The second-order valence-corrected chi connectivity index (χ2v) is 8.73. The number of amides is 1. The Hall–Kier alpha value is -2.29. The Morgan fingerprint density at radius 3 is 2.43 bits per heavy atom. The molecule has 1 saturated heterocycles. The lowest BCUT2D eigenvalue weighted by Gasteiger charge is -2.31. The maximum absolute atomic E-state index is 13.4. The lowest BCUT2D eigenvalue weighted by molar-refractivity contribution is 0.182. The minimum Gasteiger partial charge on any atom is -0.465 e. The lowest BCUT2D eigenvalue weighted by atomic mass is 9.91. The van der Waals surface area contributed by atoms with Gasteiger partial charge in [-0.1, -0.05) is 0 Å². The quantitative estimate of drug-likeness (QED) is 0.814. The third-order valence-corrected chi connectivity index (χ3v) is 6.87. The number of hydrogen-bond donors (Lipinski definition) is 2. The number of rotatable bonds is 3. The second-order valence-electron chi connectivity index (χ2n) is 7.50. The average molecular weight is 404 g/mol. The average Bonchev–Trinajstić information content (AvgIpc) is 2.70. The summed E-state index contributed by atoms with van der Waals surface area (Å²) in [7, 11) is 0. The van der Waals surface area contributed by atoms with E-state index in [0.717, 1.165) is 24.3 Å². The summed E-state index contributed by atoms with van der Waals surface area (Å²) in [4.78, 5) is 41.8. The highest BCUT2D eigenvalue weighted by molar-refractivity contribution is 7.99. The highest BCUT2D eigenvalue weighted by Gasteiger charge is 2.29. The summed E-state index contributed by atoms with van der Waals surface area (Å²) in [6.07, 6.45) is 4.83. The van der Waals surface area contributed by atoms with Crippen LogP contribution in [0.3, 0.4) is 0 Å². The minimum absolute atomic E-state index is 0.0583. The van der Waals surface area contributed by atoms with Crippen molar-refractivity contribution < 1.29 is 9.90 Å². The molecule has 3 heterocycles. The number of carbonyl (C=O) groups is 1. The standard InChI is InChI=1S/C19H24N4O4S/c24-17-15-2-1-9-20-16(15)22(14-7-10-28-11-8-14)19(27)23(17)13-5-3-12(4-6-13)21-18(25)26/h1-2,9,12-14,21H,3-8,10-11H2,(H,25,26)/t12-,13+. The molecule has 0 aromatic carbocycles. The normalized spacial score (nSPS) is 23.6. The molecule has 1 saturated carbocycles. The molecule has 2 aliphatic rings. The third kappa shape index (κ3) is 3.55. The van der Waals surface area contributed by atoms with E-state index in [-0.39, 0.29) is 29.4 Å². The molecule has 0 atom stereocenters. The molecule has 8 nitrogen and oxygen atoms in total. The number of fused-ring (bicyclic) bond motifs is 1. The van der Waals surface area contributed by atoms with Crippen LogP contribution < -0.4 is 16.6 Å². The van der Waals surface area contributed by atoms with Crippen molar-refractivity contribution in [2.24, 2.45) is 0 Å². The van der Waals surface area contributed by atoms with Crippen LogP contribution in [0.5, 0.6) is 0 Å². The molecule has 4 rings (SSSR count). The Morgan fingerprint density at radius 2 is 1.75 bits per heavy atom. The van der Waals surface area contributed by atoms with Gasteiger partial charge in [-0.2, -0.15) is 11.8 Å². The Kier molecular flexibility index (Phi) is 5.43. The molecule has 150 valence electrons. The Balaban J connectivity index is 1.76. The lowest BCUT2D eigenvalue weighted by Crippen LogP contribution is -2.46. The highest BCUT2D eigenvalue weighted by Crippen LogP contribution is 2.29. The van der Waals surface area contributed by atoms with Gasteiger partial charge in [0.1, 0.15) is 5.65 Å². The maximum Gasteiger partial charge on any atom is 0.404 e. The molecule has 2 N–H and O–H groups in total. The zero-order chi connectivity index (χ0) is 19.7. The van der Waals surface area contributed by atoms with E-state index in [1.807, 2.05) is 11.8 Å². The number of pyridine rings is 1. The van der Waals surface area contributed by atoms with Gasteiger partial charge in [-0.3, -0.25) is 13.9 Å². The minimum atomic E-state index is -1.03. The third-order valence-electron chi connectivity index (χ3n) is 5.82. The van der Waals surface area contributed by atoms with E-state index in [1.54, 1.807) is 22.9 Å². The van der Waals surface area contributed by atoms with Crippen molar-refractivity contribution in [2.45, 2.75) is 56.7 Å². The molecule has 0 unspecified atom stereocenters. The van der Waals surface area contributed by atoms with Crippen molar-refractivity contribution in [3.05, 3.63) is 39.2 Å². The fraction of sp³-hybridized carbons (Fsp3) is 0.579. The van der Waals surface area contributed by atoms with Crippen LogP contribution in [0.2, 0.25) is 0 Å². The first-order valence-corrected chi connectivity index (χ1v) is 10.9. The molecule has 2 aromatic rings. The topological polar surface area (TPSA) is 106 Å². The first-order chi connectivity index (χ1) is 13.6. The first-order valence-electron chi connectivity index (χ1n) is 9.75. The SMILES string of the molecule is O=C(O)N[C@H]1CC[C@@H](n2c(=O)c3cccnc3n(C3CCSCC3)c2=O)CC1. The van der Waals surface area contributed by atoms with Gasteiger partial charge in [0, 0.05) is 24.3 Å². The smallest absolute Gasteiger partial charge is 0.404 e. The van der Waals surface area contributed by atoms with Crippen LogP contribution in [0.25, 0.3) is 11.0 Å². The fourth-order valence-electron chi connectivity index (χ4n) is 4.43. The van der Waals surface area contributed by atoms with Crippen molar-refractivity contribution in [1.29, 1.82) is 0 Å². The van der Waals surface area contributed by atoms with Crippen molar-refractivity contribution in [3.63, 3.8) is 0 Å². The molecule has 0 radical (unpaired) electrons. The summed E-state index contributed by atoms with van der Waals surface area (Å²) in [5, 5.41) is 11.9. The van der Waals surface area contributed by atoms with Gasteiger partial charge in [-0.25, -0.2) is 14.6 Å². The molecule has 9 heteroatoms. The van der Waals surface area contributed by atoms with E-state index in [9.17, 15) is 14.4 Å². The Bertz CT molecular complexity index is 988. The van der Waals surface area contributed by atoms with E-state index in [2.05, 4.69) is 10.3 Å². The zero-order valence-corrected chi connectivity index (χ0v) is 16.4. The predicted molar refractivity (Wildman–Crippen MR) is 108 cm³/mol. The maximum atomic E-state index is 13.4. The van der Waals surface area contributed by atoms with Crippen molar-refractivity contribution >= 4 is 28.9 Å². The first kappa shape index (κ1) is 19.0. The van der Waals surface area contributed by atoms with E-state index < -0.39 is 6.09 Å². The Morgan fingerprint density at radius 1 is 1.07 bits per heavy atom. The van der Waals surface area contributed by atoms with E-state index in [4.69, 9.17) is 5.11 Å². The summed E-state index contributed by atoms with van der Waals surface area (Å²) in [6.45, 7) is 0. The van der Waals surface area contributed by atoms with Crippen LogP contribution in [0.15, 0.2) is 27.9 Å². The second kappa shape index (κ2) is 7.98. The number of thioether (sulfide) groups is 1. The molecule has 0 bridgehead atoms. The van der Waals surface area contributed by atoms with E-state index >= 15 is 0 Å². The molecule has 1 aliphatic carbocycles. The van der Waals surface area contributed by atoms with E-state index in [0.29, 0.717) is 36.7 Å². The van der Waals surface area contributed by atoms with Gasteiger partial charge in [-0.05, 0) is 62.2 Å². The molecule has 2 fully saturated rings. The summed E-state index contributed by atoms with van der Waals surface area (Å²) >= 11 is 1.89. The van der Waals surface area contributed by atoms with Crippen LogP contribution in [0.4, 0.5) is 4.79 Å². The number of hydrogen-bond acceptors (Lipinski definition) is 5. The monoisotopic (exact) mass is 404 g/mol. The van der Waals surface area contributed by atoms with Gasteiger partial charge in [0.2, 0.25) is 0 Å². The zero-order valence-electron chi connectivity index (χ0n) is 15.5. The molecular formula is C19H24N4O4S. The summed E-state index contributed by atoms with van der Waals surface area (Å²) in [5.74, 6) is 1.99. The fourth-order valence-corrected chi connectivity index (χ4v) is 5.51. The van der Waals surface area contributed by atoms with Gasteiger partial charge in [0.25, 0.3) is 5.56 Å². The number of nitrogens with one attached hydrogen (secondary N) is 1. The highest BCUT2D eigenvalue weighted by atomic mass is 32.2. The summed E-state index contributed by atoms with van der Waals surface area (Å²) in [5.41, 5.74) is -0.0844. The van der Waals surface area contributed by atoms with Crippen LogP contribution >= 0.6 is 11.8 Å². The van der Waals surface area contributed by atoms with Gasteiger partial charge in [0.15, 0.2) is 0 Å². The van der Waals surface area contributed by atoms with Crippen LogP contribution in [0.1, 0.15) is 50.6 Å². The van der Waals surface area contributed by atoms with Gasteiger partial charge in [-0.15, -0.1) is 0 Å². The predicted octanol–water partition coefficient (Wildman–Crippen LogP) is 2.38. The number of carboxylic acid groups (broad SMARTS) is 1. The largest absolute Gasteiger partial charge is 0.465 e. The summed E-state index contributed by atoms with van der Waals surface area (Å²) in [6, 6.07) is 3.20. The summed E-state index contributed by atoms with van der Waals surface area (Å²) < 4.78 is 3.14. The van der Waals surface area contributed by atoms with Gasteiger partial charge >= 0.3 is 11.8 Å². The van der Waals surface area contributed by atoms with Gasteiger partial charge < -0.3 is 10.4 Å². The van der Waals surface area contributed by atoms with Gasteiger partial charge in [0.05, 0.1) is 5.39 Å². The van der Waals surface area contributed by atoms with Crippen molar-refractivity contribution in [2.75, 3.05) is 11.5 Å². The number of nitrogens with zero attached hydrogens (tertiary/aromatic N) is 3. The Labute approximate surface area is 166 Å². The molecule has 0 spiro atoms.